The summed E-state index contributed by atoms with van der Waals surface area (Å²) >= 11 is 12.1. The zero-order chi connectivity index (χ0) is 8.81. The van der Waals surface area contributed by atoms with Crippen LogP contribution in [0.3, 0.4) is 0 Å². The van der Waals surface area contributed by atoms with Crippen LogP contribution in [0.2, 0.25) is 0 Å². The average molecular weight is 236 g/mol. The molecule has 0 aromatic carbocycles. The van der Waals surface area contributed by atoms with Gasteiger partial charge in [0.15, 0.2) is 7.91 Å². The summed E-state index contributed by atoms with van der Waals surface area (Å²) < 4.78 is 4.91. The molecule has 0 saturated carbocycles. The Hall–Kier alpha value is -0.440. The van der Waals surface area contributed by atoms with Crippen molar-refractivity contribution in [1.82, 2.24) is 19.8 Å². The number of aromatic amines is 2. The number of nitrogens with zero attached hydrogens (tertiary/aromatic N) is 2. The molecule has 0 aliphatic rings. The molecule has 8 heteroatoms. The molecule has 0 aliphatic heterocycles. The highest BCUT2D eigenvalue weighted by Gasteiger charge is 1.75. The Kier molecular flexibility index (Phi) is 4.22. The number of H-pyrrole nitrogens is 2. The number of rotatable bonds is 0. The molecule has 64 valence electrons. The van der Waals surface area contributed by atoms with Crippen LogP contribution in [0.1, 0.15) is 0 Å². The fourth-order valence-electron chi connectivity index (χ4n) is 0.373. The molecular weight excluding hydrogens is 232 g/mol. The molecule has 0 atom stereocenters. The van der Waals surface area contributed by atoms with Gasteiger partial charge in [0.2, 0.25) is 0 Å². The lowest BCUT2D eigenvalue weighted by atomic mass is 11.1. The van der Waals surface area contributed by atoms with Gasteiger partial charge >= 0.3 is 0 Å². The lowest BCUT2D eigenvalue weighted by molar-refractivity contribution is 1.07. The van der Waals surface area contributed by atoms with E-state index in [1.54, 1.807) is 6.20 Å². The van der Waals surface area contributed by atoms with Crippen molar-refractivity contribution in [3.05, 3.63) is 19.5 Å². The summed E-state index contributed by atoms with van der Waals surface area (Å²) in [5, 5.41) is 10.7. The van der Waals surface area contributed by atoms with Crippen LogP contribution in [0.15, 0.2) is 11.6 Å². The van der Waals surface area contributed by atoms with Gasteiger partial charge in [0.1, 0.15) is 0 Å². The van der Waals surface area contributed by atoms with E-state index < -0.39 is 0 Å². The van der Waals surface area contributed by atoms with E-state index in [9.17, 15) is 0 Å². The number of hydrogen-bond acceptors (Lipinski definition) is 6. The Morgan fingerprint density at radius 1 is 1.25 bits per heavy atom. The Morgan fingerprint density at radius 3 is 2.08 bits per heavy atom. The quantitative estimate of drug-likeness (QED) is 0.690. The third-order valence-electron chi connectivity index (χ3n) is 0.735. The van der Waals surface area contributed by atoms with Crippen molar-refractivity contribution < 1.29 is 0 Å². The van der Waals surface area contributed by atoms with Gasteiger partial charge < -0.3 is 0 Å². The van der Waals surface area contributed by atoms with Gasteiger partial charge in [-0.05, 0) is 36.0 Å². The van der Waals surface area contributed by atoms with E-state index >= 15 is 0 Å². The van der Waals surface area contributed by atoms with Crippen LogP contribution in [-0.2, 0) is 0 Å². The molecule has 0 saturated heterocycles. The van der Waals surface area contributed by atoms with Crippen LogP contribution in [0.4, 0.5) is 0 Å². The lowest BCUT2D eigenvalue weighted by Crippen LogP contribution is -1.60. The van der Waals surface area contributed by atoms with Crippen molar-refractivity contribution in [1.29, 1.82) is 0 Å². The molecule has 0 aliphatic carbocycles. The second-order valence-corrected chi connectivity index (χ2v) is 4.51. The third kappa shape index (κ3) is 3.81. The van der Waals surface area contributed by atoms with Crippen molar-refractivity contribution >= 4 is 47.3 Å². The van der Waals surface area contributed by atoms with Crippen LogP contribution >= 0.6 is 47.3 Å². The van der Waals surface area contributed by atoms with Gasteiger partial charge in [-0.25, -0.2) is 0 Å². The Labute approximate surface area is 86.4 Å². The average Bonchev–Trinajstić information content (AvgIpc) is 2.63. The van der Waals surface area contributed by atoms with E-state index in [1.165, 1.54) is 22.9 Å². The van der Waals surface area contributed by atoms with Gasteiger partial charge in [-0.1, -0.05) is 15.8 Å². The molecule has 2 aromatic rings. The molecule has 2 rings (SSSR count). The molecule has 0 radical (unpaired) electrons. The summed E-state index contributed by atoms with van der Waals surface area (Å²) in [5.41, 5.74) is 0. The van der Waals surface area contributed by atoms with Gasteiger partial charge in [0.05, 0.1) is 6.20 Å². The maximum absolute atomic E-state index is 4.70. The maximum Gasteiger partial charge on any atom is 0.175 e. The van der Waals surface area contributed by atoms with Gasteiger partial charge in [0.25, 0.3) is 0 Å². The molecule has 0 fully saturated rings. The highest BCUT2D eigenvalue weighted by molar-refractivity contribution is 7.75. The van der Waals surface area contributed by atoms with Crippen molar-refractivity contribution in [3.8, 4) is 0 Å². The zero-order valence-corrected chi connectivity index (χ0v) is 8.95. The minimum absolute atomic E-state index is 0.699. The SMILES string of the molecule is S=c1[nH][nH]c(=S)s1.c1csnn1. The normalized spacial score (nSPS) is 8.67. The summed E-state index contributed by atoms with van der Waals surface area (Å²) in [6.07, 6.45) is 1.66. The molecule has 0 unspecified atom stereocenters. The highest BCUT2D eigenvalue weighted by atomic mass is 32.2. The van der Waals surface area contributed by atoms with Gasteiger partial charge in [-0.2, -0.15) is 0 Å². The highest BCUT2D eigenvalue weighted by Crippen LogP contribution is 1.94. The first kappa shape index (κ1) is 9.65. The number of nitrogens with one attached hydrogen (secondary N) is 2. The van der Waals surface area contributed by atoms with Gasteiger partial charge in [-0.3, -0.25) is 10.2 Å². The molecule has 0 spiro atoms. The summed E-state index contributed by atoms with van der Waals surface area (Å²) in [6, 6.07) is 0. The van der Waals surface area contributed by atoms with Crippen LogP contribution in [0.5, 0.6) is 0 Å². The predicted octanol–water partition coefficient (Wildman–Crippen LogP) is 2.40. The molecular formula is C4H4N4S4. The molecule has 0 bridgehead atoms. The van der Waals surface area contributed by atoms with Crippen LogP contribution in [-0.4, -0.2) is 19.8 Å². The smallest absolute Gasteiger partial charge is 0.175 e. The second-order valence-electron chi connectivity index (χ2n) is 1.51. The Morgan fingerprint density at radius 2 is 1.92 bits per heavy atom. The third-order valence-corrected chi connectivity index (χ3v) is 2.45. The van der Waals surface area contributed by atoms with E-state index in [1.807, 2.05) is 5.38 Å². The fraction of sp³-hybridized carbons (Fsp3) is 0. The van der Waals surface area contributed by atoms with Crippen molar-refractivity contribution in [2.45, 2.75) is 0 Å². The zero-order valence-electron chi connectivity index (χ0n) is 5.68. The summed E-state index contributed by atoms with van der Waals surface area (Å²) in [4.78, 5) is 0. The molecule has 2 aromatic heterocycles. The summed E-state index contributed by atoms with van der Waals surface area (Å²) in [6.45, 7) is 0. The summed E-state index contributed by atoms with van der Waals surface area (Å²) in [5.74, 6) is 0. The monoisotopic (exact) mass is 236 g/mol. The van der Waals surface area contributed by atoms with Crippen molar-refractivity contribution in [3.63, 3.8) is 0 Å². The van der Waals surface area contributed by atoms with Crippen molar-refractivity contribution in [2.75, 3.05) is 0 Å². The van der Waals surface area contributed by atoms with Crippen LogP contribution in [0, 0.1) is 7.91 Å². The van der Waals surface area contributed by atoms with E-state index in [4.69, 9.17) is 24.4 Å². The first-order valence-corrected chi connectivity index (χ1v) is 5.25. The standard InChI is InChI=1S/C2H2N2S3.C2H2N2S/c5-1-3-4-2(6)7-1;1-2-5-4-3-1/h(H,3,5)(H,4,6);1-2H. The van der Waals surface area contributed by atoms with Gasteiger partial charge in [-0.15, -0.1) is 5.10 Å². The first-order chi connectivity index (χ1) is 5.79. The molecule has 4 nitrogen and oxygen atoms in total. The fourth-order valence-corrected chi connectivity index (χ4v) is 1.78. The predicted molar refractivity (Wildman–Crippen MR) is 54.6 cm³/mol. The minimum atomic E-state index is 0.699. The molecule has 12 heavy (non-hydrogen) atoms. The second kappa shape index (κ2) is 5.25. The van der Waals surface area contributed by atoms with Crippen LogP contribution in [0.25, 0.3) is 0 Å². The molecule has 0 amide bonds. The van der Waals surface area contributed by atoms with Crippen LogP contribution < -0.4 is 0 Å². The molecule has 2 heterocycles. The number of aromatic nitrogens is 4. The lowest BCUT2D eigenvalue weighted by Gasteiger charge is -1.57. The van der Waals surface area contributed by atoms with E-state index in [0.29, 0.717) is 7.91 Å². The molecule has 2 N–H and O–H groups in total. The largest absolute Gasteiger partial charge is 0.281 e. The number of hydrogen-bond donors (Lipinski definition) is 2. The Balaban J connectivity index is 0.000000127. The topological polar surface area (TPSA) is 57.4 Å². The van der Waals surface area contributed by atoms with Crippen molar-refractivity contribution in [2.24, 2.45) is 0 Å². The Bertz CT molecular complexity index is 353. The van der Waals surface area contributed by atoms with E-state index in [2.05, 4.69) is 19.8 Å². The van der Waals surface area contributed by atoms with Gasteiger partial charge in [0, 0.05) is 5.38 Å². The summed E-state index contributed by atoms with van der Waals surface area (Å²) in [7, 11) is 0. The first-order valence-electron chi connectivity index (χ1n) is 2.78. The van der Waals surface area contributed by atoms with E-state index in [0.717, 1.165) is 0 Å². The maximum atomic E-state index is 4.70. The van der Waals surface area contributed by atoms with E-state index in [-0.39, 0.29) is 0 Å². The minimum Gasteiger partial charge on any atom is -0.281 e.